The van der Waals surface area contributed by atoms with Crippen molar-refractivity contribution in [2.75, 3.05) is 13.2 Å². The third-order valence-electron chi connectivity index (χ3n) is 3.18. The Bertz CT molecular complexity index is 689. The summed E-state index contributed by atoms with van der Waals surface area (Å²) in [5.41, 5.74) is 1.39. The highest BCUT2D eigenvalue weighted by molar-refractivity contribution is 6.39. The SMILES string of the molecule is CCCCNC(=O)COc1c(Cl)cc(Cl)c2ccc(C)nc12. The number of pyridine rings is 1. The van der Waals surface area contributed by atoms with Gasteiger partial charge in [0.05, 0.1) is 10.0 Å². The maximum atomic E-state index is 11.7. The van der Waals surface area contributed by atoms with Crippen LogP contribution in [0.3, 0.4) is 0 Å². The van der Waals surface area contributed by atoms with Gasteiger partial charge in [0.2, 0.25) is 0 Å². The number of nitrogens with zero attached hydrogens (tertiary/aromatic N) is 1. The number of fused-ring (bicyclic) bond motifs is 1. The zero-order chi connectivity index (χ0) is 16.1. The Morgan fingerprint density at radius 2 is 2.09 bits per heavy atom. The number of hydrogen-bond donors (Lipinski definition) is 1. The van der Waals surface area contributed by atoms with Gasteiger partial charge in [-0.15, -0.1) is 0 Å². The molecule has 1 heterocycles. The van der Waals surface area contributed by atoms with E-state index >= 15 is 0 Å². The van der Waals surface area contributed by atoms with Crippen LogP contribution < -0.4 is 10.1 Å². The number of carbonyl (C=O) groups is 1. The van der Waals surface area contributed by atoms with Crippen molar-refractivity contribution in [3.8, 4) is 5.75 Å². The van der Waals surface area contributed by atoms with Crippen molar-refractivity contribution < 1.29 is 9.53 Å². The maximum Gasteiger partial charge on any atom is 0.257 e. The summed E-state index contributed by atoms with van der Waals surface area (Å²) in [5.74, 6) is 0.204. The Labute approximate surface area is 139 Å². The normalized spacial score (nSPS) is 10.7. The standard InChI is InChI=1S/C16H18Cl2N2O2/c1-3-4-7-19-14(21)9-22-16-13(18)8-12(17)11-6-5-10(2)20-15(11)16/h5-6,8H,3-4,7,9H2,1-2H3,(H,19,21). The largest absolute Gasteiger partial charge is 0.480 e. The van der Waals surface area contributed by atoms with E-state index in [1.54, 1.807) is 6.07 Å². The van der Waals surface area contributed by atoms with E-state index in [4.69, 9.17) is 27.9 Å². The second-order valence-electron chi connectivity index (χ2n) is 5.01. The molecule has 6 heteroatoms. The summed E-state index contributed by atoms with van der Waals surface area (Å²) in [7, 11) is 0. The Morgan fingerprint density at radius 3 is 2.82 bits per heavy atom. The summed E-state index contributed by atoms with van der Waals surface area (Å²) >= 11 is 12.4. The van der Waals surface area contributed by atoms with E-state index in [1.807, 2.05) is 19.1 Å². The molecule has 0 radical (unpaired) electrons. The number of ether oxygens (including phenoxy) is 1. The van der Waals surface area contributed by atoms with Gasteiger partial charge in [0.1, 0.15) is 5.52 Å². The molecular weight excluding hydrogens is 323 g/mol. The minimum atomic E-state index is -0.180. The number of amides is 1. The van der Waals surface area contributed by atoms with E-state index in [2.05, 4.69) is 17.2 Å². The van der Waals surface area contributed by atoms with Gasteiger partial charge in [-0.05, 0) is 31.5 Å². The molecule has 2 aromatic rings. The van der Waals surface area contributed by atoms with E-state index in [9.17, 15) is 4.79 Å². The monoisotopic (exact) mass is 340 g/mol. The molecule has 1 N–H and O–H groups in total. The van der Waals surface area contributed by atoms with Crippen LogP contribution in [0.1, 0.15) is 25.5 Å². The van der Waals surface area contributed by atoms with E-state index in [0.29, 0.717) is 27.9 Å². The maximum absolute atomic E-state index is 11.7. The minimum absolute atomic E-state index is 0.101. The number of nitrogens with one attached hydrogen (secondary N) is 1. The van der Waals surface area contributed by atoms with Crippen LogP contribution in [0.2, 0.25) is 10.0 Å². The van der Waals surface area contributed by atoms with Crippen molar-refractivity contribution in [2.24, 2.45) is 0 Å². The van der Waals surface area contributed by atoms with Crippen LogP contribution in [0.5, 0.6) is 5.75 Å². The van der Waals surface area contributed by atoms with Gasteiger partial charge in [-0.3, -0.25) is 4.79 Å². The zero-order valence-electron chi connectivity index (χ0n) is 12.6. The zero-order valence-corrected chi connectivity index (χ0v) is 14.1. The number of aromatic nitrogens is 1. The molecule has 0 aliphatic carbocycles. The highest BCUT2D eigenvalue weighted by atomic mass is 35.5. The lowest BCUT2D eigenvalue weighted by Crippen LogP contribution is -2.29. The predicted molar refractivity (Wildman–Crippen MR) is 89.9 cm³/mol. The first-order valence-corrected chi connectivity index (χ1v) is 7.93. The van der Waals surface area contributed by atoms with Crippen molar-refractivity contribution in [3.63, 3.8) is 0 Å². The molecule has 0 aliphatic heterocycles. The van der Waals surface area contributed by atoms with E-state index in [-0.39, 0.29) is 12.5 Å². The molecule has 0 saturated heterocycles. The number of carbonyl (C=O) groups excluding carboxylic acids is 1. The van der Waals surface area contributed by atoms with Crippen LogP contribution >= 0.6 is 23.2 Å². The smallest absolute Gasteiger partial charge is 0.257 e. The highest BCUT2D eigenvalue weighted by Crippen LogP contribution is 2.37. The molecule has 2 rings (SSSR count). The Hall–Kier alpha value is -1.52. The van der Waals surface area contributed by atoms with Crippen molar-refractivity contribution in [1.82, 2.24) is 10.3 Å². The fraction of sp³-hybridized carbons (Fsp3) is 0.375. The lowest BCUT2D eigenvalue weighted by molar-refractivity contribution is -0.123. The molecule has 118 valence electrons. The van der Waals surface area contributed by atoms with Gasteiger partial charge in [0.15, 0.2) is 12.4 Å². The number of rotatable bonds is 6. The molecule has 0 atom stereocenters. The van der Waals surface area contributed by atoms with Gasteiger partial charge < -0.3 is 10.1 Å². The van der Waals surface area contributed by atoms with Crippen LogP contribution in [0.25, 0.3) is 10.9 Å². The number of halogens is 2. The number of hydrogen-bond acceptors (Lipinski definition) is 3. The summed E-state index contributed by atoms with van der Waals surface area (Å²) in [6.07, 6.45) is 1.97. The highest BCUT2D eigenvalue weighted by Gasteiger charge is 2.14. The molecule has 22 heavy (non-hydrogen) atoms. The Balaban J connectivity index is 2.20. The lowest BCUT2D eigenvalue weighted by atomic mass is 10.2. The third kappa shape index (κ3) is 4.02. The number of unbranched alkanes of at least 4 members (excludes halogenated alkanes) is 1. The van der Waals surface area contributed by atoms with E-state index < -0.39 is 0 Å². The number of aryl methyl sites for hydroxylation is 1. The van der Waals surface area contributed by atoms with Crippen molar-refractivity contribution in [2.45, 2.75) is 26.7 Å². The van der Waals surface area contributed by atoms with Gasteiger partial charge in [0, 0.05) is 17.6 Å². The van der Waals surface area contributed by atoms with E-state index in [0.717, 1.165) is 23.9 Å². The molecule has 0 aliphatic rings. The average molecular weight is 341 g/mol. The van der Waals surface area contributed by atoms with Crippen LogP contribution in [0.15, 0.2) is 18.2 Å². The average Bonchev–Trinajstić information content (AvgIpc) is 2.47. The molecule has 0 fully saturated rings. The lowest BCUT2D eigenvalue weighted by Gasteiger charge is -2.12. The summed E-state index contributed by atoms with van der Waals surface area (Å²) < 4.78 is 5.59. The Kier molecular flexibility index (Phi) is 5.86. The molecule has 4 nitrogen and oxygen atoms in total. The second kappa shape index (κ2) is 7.65. The summed E-state index contributed by atoms with van der Waals surface area (Å²) in [4.78, 5) is 16.2. The van der Waals surface area contributed by atoms with Crippen LogP contribution in [-0.4, -0.2) is 24.0 Å². The first kappa shape index (κ1) is 16.8. The minimum Gasteiger partial charge on any atom is -0.480 e. The summed E-state index contributed by atoms with van der Waals surface area (Å²) in [5, 5.41) is 4.39. The van der Waals surface area contributed by atoms with E-state index in [1.165, 1.54) is 0 Å². The topological polar surface area (TPSA) is 51.2 Å². The van der Waals surface area contributed by atoms with Crippen LogP contribution in [-0.2, 0) is 4.79 Å². The molecular formula is C16H18Cl2N2O2. The summed E-state index contributed by atoms with van der Waals surface area (Å²) in [6, 6.07) is 5.33. The van der Waals surface area contributed by atoms with Gasteiger partial charge in [-0.25, -0.2) is 4.98 Å². The van der Waals surface area contributed by atoms with Gasteiger partial charge in [-0.2, -0.15) is 0 Å². The predicted octanol–water partition coefficient (Wildman–Crippen LogP) is 4.15. The van der Waals surface area contributed by atoms with Crippen LogP contribution in [0, 0.1) is 6.92 Å². The molecule has 1 aromatic carbocycles. The van der Waals surface area contributed by atoms with Crippen molar-refractivity contribution >= 4 is 40.0 Å². The van der Waals surface area contributed by atoms with Crippen molar-refractivity contribution in [3.05, 3.63) is 33.9 Å². The molecule has 1 amide bonds. The first-order chi connectivity index (χ1) is 10.5. The first-order valence-electron chi connectivity index (χ1n) is 7.17. The summed E-state index contributed by atoms with van der Waals surface area (Å²) in [6.45, 7) is 4.48. The van der Waals surface area contributed by atoms with Gasteiger partial charge in [-0.1, -0.05) is 36.5 Å². The molecule has 1 aromatic heterocycles. The van der Waals surface area contributed by atoms with Crippen LogP contribution in [0.4, 0.5) is 0 Å². The fourth-order valence-corrected chi connectivity index (χ4v) is 2.59. The molecule has 0 unspecified atom stereocenters. The fourth-order valence-electron chi connectivity index (χ4n) is 2.02. The molecule has 0 saturated carbocycles. The van der Waals surface area contributed by atoms with Gasteiger partial charge in [0.25, 0.3) is 5.91 Å². The Morgan fingerprint density at radius 1 is 1.32 bits per heavy atom. The third-order valence-corrected chi connectivity index (χ3v) is 3.77. The van der Waals surface area contributed by atoms with Crippen molar-refractivity contribution in [1.29, 1.82) is 0 Å². The number of benzene rings is 1. The molecule has 0 spiro atoms. The molecule has 0 bridgehead atoms. The quantitative estimate of drug-likeness (QED) is 0.803. The second-order valence-corrected chi connectivity index (χ2v) is 5.82. The van der Waals surface area contributed by atoms with Gasteiger partial charge >= 0.3 is 0 Å².